The van der Waals surface area contributed by atoms with Gasteiger partial charge in [0.25, 0.3) is 0 Å². The highest BCUT2D eigenvalue weighted by Crippen LogP contribution is 2.36. The summed E-state index contributed by atoms with van der Waals surface area (Å²) in [5, 5.41) is 11.7. The van der Waals surface area contributed by atoms with E-state index >= 15 is 0 Å². The number of nitrogens with one attached hydrogen (secondary N) is 1. The lowest BCUT2D eigenvalue weighted by Gasteiger charge is -2.37. The number of carbonyl (C=O) groups excluding carboxylic acids is 2. The number of hydrogen-bond acceptors (Lipinski definition) is 6. The van der Waals surface area contributed by atoms with Crippen LogP contribution in [0.1, 0.15) is 79.2 Å². The van der Waals surface area contributed by atoms with Gasteiger partial charge < -0.3 is 24.6 Å². The van der Waals surface area contributed by atoms with Crippen LogP contribution in [-0.4, -0.2) is 34.7 Å². The van der Waals surface area contributed by atoms with Gasteiger partial charge >= 0.3 is 18.4 Å². The van der Waals surface area contributed by atoms with Crippen molar-refractivity contribution in [2.75, 3.05) is 0 Å². The number of amides is 1. The van der Waals surface area contributed by atoms with Gasteiger partial charge in [0, 0.05) is 0 Å². The van der Waals surface area contributed by atoms with Crippen molar-refractivity contribution < 1.29 is 33.7 Å². The Morgan fingerprint density at radius 3 is 1.68 bits per heavy atom. The molecule has 1 aromatic carbocycles. The third-order valence-electron chi connectivity index (χ3n) is 4.33. The highest BCUT2D eigenvalue weighted by atomic mass is 16.8. The van der Waals surface area contributed by atoms with Crippen molar-refractivity contribution in [3.63, 3.8) is 0 Å². The van der Waals surface area contributed by atoms with E-state index in [1.807, 2.05) is 30.3 Å². The van der Waals surface area contributed by atoms with Crippen LogP contribution in [0.2, 0.25) is 0 Å². The van der Waals surface area contributed by atoms with Crippen LogP contribution in [-0.2, 0) is 19.7 Å². The van der Waals surface area contributed by atoms with Crippen LogP contribution in [0.15, 0.2) is 30.3 Å². The van der Waals surface area contributed by atoms with E-state index in [0.29, 0.717) is 0 Å². The topological polar surface area (TPSA) is 111 Å². The number of carboxylic acid groups (broad SMARTS) is 1. The molecule has 1 aromatic rings. The van der Waals surface area contributed by atoms with E-state index in [0.717, 1.165) is 31.2 Å². The second-order valence-corrected chi connectivity index (χ2v) is 9.47. The molecule has 0 radical (unpaired) electrons. The average Bonchev–Trinajstić information content (AvgIpc) is 2.60. The van der Waals surface area contributed by atoms with Crippen molar-refractivity contribution in [3.8, 4) is 0 Å². The predicted octanol–water partition coefficient (Wildman–Crippen LogP) is 5.99. The van der Waals surface area contributed by atoms with Crippen molar-refractivity contribution in [1.29, 1.82) is 0 Å². The molecule has 1 amide bonds. The van der Waals surface area contributed by atoms with Crippen LogP contribution in [0.5, 0.6) is 0 Å². The molecular weight excluding hydrogens is 402 g/mol. The van der Waals surface area contributed by atoms with Gasteiger partial charge in [-0.2, -0.15) is 0 Å². The molecule has 8 nitrogen and oxygen atoms in total. The minimum atomic E-state index is -1.06. The van der Waals surface area contributed by atoms with Gasteiger partial charge in [-0.15, -0.1) is 0 Å². The molecule has 0 aromatic heterocycles. The fourth-order valence-corrected chi connectivity index (χ4v) is 3.21. The summed E-state index contributed by atoms with van der Waals surface area (Å²) < 4.78 is 13.8. The molecule has 31 heavy (non-hydrogen) atoms. The lowest BCUT2D eigenvalue weighted by molar-refractivity contribution is -0.0293. The first-order valence-electron chi connectivity index (χ1n) is 10.4. The number of carbonyl (C=O) groups is 3. The molecule has 0 bridgehead atoms. The molecule has 0 saturated heterocycles. The first-order valence-corrected chi connectivity index (χ1v) is 10.4. The van der Waals surface area contributed by atoms with Gasteiger partial charge in [-0.25, -0.2) is 14.4 Å². The van der Waals surface area contributed by atoms with Crippen LogP contribution < -0.4 is 5.32 Å². The fraction of sp³-hybridized carbons (Fsp3) is 0.609. The monoisotopic (exact) mass is 437 g/mol. The minimum Gasteiger partial charge on any atom is -0.465 e. The summed E-state index contributed by atoms with van der Waals surface area (Å²) in [4.78, 5) is 33.0. The normalized spacial score (nSPS) is 15.5. The molecule has 8 heteroatoms. The number of ether oxygens (including phenoxy) is 3. The molecule has 1 fully saturated rings. The maximum absolute atomic E-state index is 11.0. The smallest absolute Gasteiger partial charge is 0.465 e. The maximum Gasteiger partial charge on any atom is 0.519 e. The van der Waals surface area contributed by atoms with E-state index in [4.69, 9.17) is 14.6 Å². The second kappa shape index (κ2) is 11.0. The zero-order valence-electron chi connectivity index (χ0n) is 19.3. The van der Waals surface area contributed by atoms with E-state index in [-0.39, 0.29) is 5.54 Å². The Morgan fingerprint density at radius 2 is 1.29 bits per heavy atom. The van der Waals surface area contributed by atoms with Gasteiger partial charge in [0.2, 0.25) is 0 Å². The Bertz CT molecular complexity index is 701. The van der Waals surface area contributed by atoms with Crippen LogP contribution in [0.4, 0.5) is 14.4 Å². The Labute approximate surface area is 184 Å². The lowest BCUT2D eigenvalue weighted by atomic mass is 9.77. The molecule has 1 saturated carbocycles. The van der Waals surface area contributed by atoms with Crippen molar-refractivity contribution in [2.45, 2.75) is 90.4 Å². The third kappa shape index (κ3) is 10.7. The quantitative estimate of drug-likeness (QED) is 0.432. The standard InChI is InChI=1S/C13H17NO2.C10H18O5/c15-12(16)14-13(9-5-2-6-10-13)11-7-3-1-4-8-11;1-9(2,3)14-7(11)13-8(12)15-10(4,5)6/h1,3-4,7-8,14H,2,5-6,9-10H2,(H,15,16);1-6H3. The molecule has 1 aliphatic carbocycles. The summed E-state index contributed by atoms with van der Waals surface area (Å²) >= 11 is 0. The molecule has 0 heterocycles. The lowest BCUT2D eigenvalue weighted by Crippen LogP contribution is -2.46. The summed E-state index contributed by atoms with van der Waals surface area (Å²) in [5.41, 5.74) is -0.652. The molecule has 0 atom stereocenters. The first-order chi connectivity index (χ1) is 14.2. The van der Waals surface area contributed by atoms with Gasteiger partial charge in [-0.3, -0.25) is 0 Å². The second-order valence-electron chi connectivity index (χ2n) is 9.47. The molecular formula is C23H35NO7. The van der Waals surface area contributed by atoms with E-state index in [2.05, 4.69) is 10.1 Å². The van der Waals surface area contributed by atoms with Crippen LogP contribution in [0.3, 0.4) is 0 Å². The summed E-state index contributed by atoms with van der Waals surface area (Å²) in [5.74, 6) is 0. The summed E-state index contributed by atoms with van der Waals surface area (Å²) in [6, 6.07) is 9.92. The molecule has 2 N–H and O–H groups in total. The van der Waals surface area contributed by atoms with Gasteiger partial charge in [0.05, 0.1) is 5.54 Å². The Balaban J connectivity index is 0.000000311. The van der Waals surface area contributed by atoms with Crippen molar-refractivity contribution >= 4 is 18.4 Å². The van der Waals surface area contributed by atoms with Gasteiger partial charge in [-0.05, 0) is 59.9 Å². The molecule has 0 spiro atoms. The number of hydrogen-bond donors (Lipinski definition) is 2. The highest BCUT2D eigenvalue weighted by molar-refractivity contribution is 5.77. The van der Waals surface area contributed by atoms with Crippen molar-refractivity contribution in [1.82, 2.24) is 5.32 Å². The predicted molar refractivity (Wildman–Crippen MR) is 116 cm³/mol. The zero-order valence-corrected chi connectivity index (χ0v) is 19.3. The SMILES string of the molecule is CC(C)(C)OC(=O)OC(=O)OC(C)(C)C.O=C(O)NC1(c2ccccc2)CCCCC1. The Kier molecular flexibility index (Phi) is 9.34. The Hall–Kier alpha value is -2.77. The van der Waals surface area contributed by atoms with Gasteiger partial charge in [0.1, 0.15) is 11.2 Å². The van der Waals surface area contributed by atoms with E-state index in [9.17, 15) is 14.4 Å². The number of rotatable bonds is 2. The molecule has 0 unspecified atom stereocenters. The molecule has 0 aliphatic heterocycles. The fourth-order valence-electron chi connectivity index (χ4n) is 3.21. The third-order valence-corrected chi connectivity index (χ3v) is 4.33. The van der Waals surface area contributed by atoms with E-state index < -0.39 is 29.6 Å². The first kappa shape index (κ1) is 26.3. The minimum absolute atomic E-state index is 0.356. The molecule has 2 rings (SSSR count). The van der Waals surface area contributed by atoms with Crippen molar-refractivity contribution in [2.24, 2.45) is 0 Å². The van der Waals surface area contributed by atoms with Crippen LogP contribution in [0.25, 0.3) is 0 Å². The zero-order chi connectivity index (χ0) is 23.7. The van der Waals surface area contributed by atoms with Crippen LogP contribution >= 0.6 is 0 Å². The van der Waals surface area contributed by atoms with Crippen molar-refractivity contribution in [3.05, 3.63) is 35.9 Å². The summed E-state index contributed by atoms with van der Waals surface area (Å²) in [7, 11) is 0. The molecule has 174 valence electrons. The molecule has 1 aliphatic rings. The van der Waals surface area contributed by atoms with Gasteiger partial charge in [-0.1, -0.05) is 49.6 Å². The van der Waals surface area contributed by atoms with E-state index in [1.165, 1.54) is 6.42 Å². The number of benzene rings is 1. The summed E-state index contributed by atoms with van der Waals surface area (Å²) in [6.07, 6.45) is 2.16. The van der Waals surface area contributed by atoms with E-state index in [1.54, 1.807) is 41.5 Å². The van der Waals surface area contributed by atoms with Crippen LogP contribution in [0, 0.1) is 0 Å². The average molecular weight is 438 g/mol. The largest absolute Gasteiger partial charge is 0.519 e. The van der Waals surface area contributed by atoms with Gasteiger partial charge in [0.15, 0.2) is 0 Å². The Morgan fingerprint density at radius 1 is 0.839 bits per heavy atom. The summed E-state index contributed by atoms with van der Waals surface area (Å²) in [6.45, 7) is 10.0. The maximum atomic E-state index is 11.0. The highest BCUT2D eigenvalue weighted by Gasteiger charge is 2.35.